The molecule has 0 aliphatic carbocycles. The first kappa shape index (κ1) is 8.57. The Bertz CT molecular complexity index is 254. The van der Waals surface area contributed by atoms with E-state index in [0.29, 0.717) is 0 Å². The van der Waals surface area contributed by atoms with E-state index in [1.807, 2.05) is 30.3 Å². The molecular weight excluding hydrogens is 162 g/mol. The summed E-state index contributed by atoms with van der Waals surface area (Å²) < 4.78 is 5.63. The number of likely N-dealkylation sites (tertiary alicyclic amines) is 1. The minimum atomic E-state index is 0.727. The third-order valence-corrected chi connectivity index (χ3v) is 2.37. The molecule has 1 heterocycles. The minimum absolute atomic E-state index is 0.727. The van der Waals surface area contributed by atoms with Gasteiger partial charge in [0.1, 0.15) is 5.75 Å². The molecule has 0 spiro atoms. The van der Waals surface area contributed by atoms with Crippen molar-refractivity contribution in [2.75, 3.05) is 26.7 Å². The van der Waals surface area contributed by atoms with Crippen molar-refractivity contribution in [3.8, 4) is 5.75 Å². The third kappa shape index (κ3) is 2.22. The quantitative estimate of drug-likeness (QED) is 0.695. The molecular formula is C11H15NO. The van der Waals surface area contributed by atoms with Crippen LogP contribution in [0.1, 0.15) is 0 Å². The van der Waals surface area contributed by atoms with E-state index in [2.05, 4.69) is 11.9 Å². The van der Waals surface area contributed by atoms with Crippen molar-refractivity contribution >= 4 is 0 Å². The summed E-state index contributed by atoms with van der Waals surface area (Å²) >= 11 is 0. The lowest BCUT2D eigenvalue weighted by Crippen LogP contribution is -2.46. The Morgan fingerprint density at radius 2 is 2.00 bits per heavy atom. The van der Waals surface area contributed by atoms with E-state index in [1.54, 1.807) is 0 Å². The van der Waals surface area contributed by atoms with Crippen molar-refractivity contribution in [2.45, 2.75) is 0 Å². The summed E-state index contributed by atoms with van der Waals surface area (Å²) in [6.45, 7) is 3.20. The summed E-state index contributed by atoms with van der Waals surface area (Å²) in [5, 5.41) is 0. The molecule has 0 amide bonds. The maximum Gasteiger partial charge on any atom is 0.119 e. The van der Waals surface area contributed by atoms with E-state index in [-0.39, 0.29) is 0 Å². The van der Waals surface area contributed by atoms with Crippen molar-refractivity contribution in [1.82, 2.24) is 4.90 Å². The highest BCUT2D eigenvalue weighted by Crippen LogP contribution is 2.15. The number of benzene rings is 1. The first-order valence-electron chi connectivity index (χ1n) is 4.71. The maximum atomic E-state index is 5.63. The van der Waals surface area contributed by atoms with Gasteiger partial charge in [-0.3, -0.25) is 0 Å². The van der Waals surface area contributed by atoms with Crippen molar-refractivity contribution in [1.29, 1.82) is 0 Å². The van der Waals surface area contributed by atoms with E-state index in [4.69, 9.17) is 4.74 Å². The van der Waals surface area contributed by atoms with Crippen LogP contribution in [0.25, 0.3) is 0 Å². The molecule has 1 aliphatic heterocycles. The summed E-state index contributed by atoms with van der Waals surface area (Å²) in [6.07, 6.45) is 0. The van der Waals surface area contributed by atoms with E-state index in [9.17, 15) is 0 Å². The van der Waals surface area contributed by atoms with E-state index >= 15 is 0 Å². The van der Waals surface area contributed by atoms with Gasteiger partial charge in [-0.05, 0) is 19.2 Å². The predicted octanol–water partition coefficient (Wildman–Crippen LogP) is 1.63. The molecule has 0 N–H and O–H groups in total. The molecule has 70 valence electrons. The van der Waals surface area contributed by atoms with E-state index < -0.39 is 0 Å². The average Bonchev–Trinajstić information content (AvgIpc) is 2.12. The fourth-order valence-corrected chi connectivity index (χ4v) is 1.66. The second kappa shape index (κ2) is 3.79. The van der Waals surface area contributed by atoms with E-state index in [1.165, 1.54) is 13.1 Å². The van der Waals surface area contributed by atoms with Gasteiger partial charge in [0.15, 0.2) is 0 Å². The van der Waals surface area contributed by atoms with Crippen molar-refractivity contribution in [3.05, 3.63) is 30.3 Å². The maximum absolute atomic E-state index is 5.63. The zero-order valence-corrected chi connectivity index (χ0v) is 7.94. The highest BCUT2D eigenvalue weighted by molar-refractivity contribution is 5.20. The SMILES string of the molecule is CN1CC(COc2ccccc2)C1. The summed E-state index contributed by atoms with van der Waals surface area (Å²) in [5.41, 5.74) is 0. The summed E-state index contributed by atoms with van der Waals surface area (Å²) in [5.74, 6) is 1.71. The molecule has 0 bridgehead atoms. The first-order chi connectivity index (χ1) is 6.34. The lowest BCUT2D eigenvalue weighted by atomic mass is 10.0. The zero-order valence-electron chi connectivity index (χ0n) is 7.94. The lowest BCUT2D eigenvalue weighted by molar-refractivity contribution is 0.0858. The van der Waals surface area contributed by atoms with Gasteiger partial charge in [0.05, 0.1) is 6.61 Å². The predicted molar refractivity (Wildman–Crippen MR) is 52.9 cm³/mol. The fraction of sp³-hybridized carbons (Fsp3) is 0.455. The molecule has 2 nitrogen and oxygen atoms in total. The number of ether oxygens (including phenoxy) is 1. The topological polar surface area (TPSA) is 12.5 Å². The Balaban J connectivity index is 1.74. The highest BCUT2D eigenvalue weighted by atomic mass is 16.5. The van der Waals surface area contributed by atoms with Gasteiger partial charge in [0, 0.05) is 19.0 Å². The van der Waals surface area contributed by atoms with Gasteiger partial charge in [-0.25, -0.2) is 0 Å². The van der Waals surface area contributed by atoms with Crippen LogP contribution in [0.2, 0.25) is 0 Å². The van der Waals surface area contributed by atoms with E-state index in [0.717, 1.165) is 18.3 Å². The Hall–Kier alpha value is -1.02. The molecule has 2 rings (SSSR count). The average molecular weight is 177 g/mol. The molecule has 2 heteroatoms. The van der Waals surface area contributed by atoms with Crippen molar-refractivity contribution in [3.63, 3.8) is 0 Å². The molecule has 1 aliphatic rings. The molecule has 1 aromatic carbocycles. The molecule has 1 saturated heterocycles. The minimum Gasteiger partial charge on any atom is -0.493 e. The molecule has 0 radical (unpaired) electrons. The van der Waals surface area contributed by atoms with Crippen molar-refractivity contribution < 1.29 is 4.74 Å². The number of rotatable bonds is 3. The molecule has 1 aromatic rings. The van der Waals surface area contributed by atoms with Gasteiger partial charge in [0.25, 0.3) is 0 Å². The van der Waals surface area contributed by atoms with Crippen LogP contribution in [0.3, 0.4) is 0 Å². The standard InChI is InChI=1S/C11H15NO/c1-12-7-10(8-12)9-13-11-5-3-2-4-6-11/h2-6,10H,7-9H2,1H3. The Kier molecular flexibility index (Phi) is 2.50. The Morgan fingerprint density at radius 1 is 1.31 bits per heavy atom. The van der Waals surface area contributed by atoms with Gasteiger partial charge in [-0.1, -0.05) is 18.2 Å². The Labute approximate surface area is 79.1 Å². The number of nitrogens with zero attached hydrogens (tertiary/aromatic N) is 1. The molecule has 0 aromatic heterocycles. The van der Waals surface area contributed by atoms with Crippen LogP contribution in [0.4, 0.5) is 0 Å². The van der Waals surface area contributed by atoms with Crippen LogP contribution in [0, 0.1) is 5.92 Å². The summed E-state index contributed by atoms with van der Waals surface area (Å²) in [7, 11) is 2.14. The third-order valence-electron chi connectivity index (χ3n) is 2.37. The van der Waals surface area contributed by atoms with Gasteiger partial charge >= 0.3 is 0 Å². The summed E-state index contributed by atoms with van der Waals surface area (Å²) in [6, 6.07) is 10.0. The van der Waals surface area contributed by atoms with Crippen molar-refractivity contribution in [2.24, 2.45) is 5.92 Å². The van der Waals surface area contributed by atoms with Crippen LogP contribution in [0.15, 0.2) is 30.3 Å². The monoisotopic (exact) mass is 177 g/mol. The van der Waals surface area contributed by atoms with Crippen LogP contribution in [-0.4, -0.2) is 31.6 Å². The number of para-hydroxylation sites is 1. The second-order valence-electron chi connectivity index (χ2n) is 3.71. The van der Waals surface area contributed by atoms with Crippen LogP contribution in [-0.2, 0) is 0 Å². The Morgan fingerprint density at radius 3 is 2.62 bits per heavy atom. The fourth-order valence-electron chi connectivity index (χ4n) is 1.66. The summed E-state index contributed by atoms with van der Waals surface area (Å²) in [4.78, 5) is 2.30. The van der Waals surface area contributed by atoms with Gasteiger partial charge in [-0.2, -0.15) is 0 Å². The smallest absolute Gasteiger partial charge is 0.119 e. The van der Waals surface area contributed by atoms with Gasteiger partial charge < -0.3 is 9.64 Å². The molecule has 13 heavy (non-hydrogen) atoms. The molecule has 0 atom stereocenters. The van der Waals surface area contributed by atoms with Crippen LogP contribution >= 0.6 is 0 Å². The van der Waals surface area contributed by atoms with Gasteiger partial charge in [-0.15, -0.1) is 0 Å². The molecule has 0 unspecified atom stereocenters. The van der Waals surface area contributed by atoms with Crippen LogP contribution < -0.4 is 4.74 Å². The second-order valence-corrected chi connectivity index (χ2v) is 3.71. The molecule has 0 saturated carbocycles. The highest BCUT2D eigenvalue weighted by Gasteiger charge is 2.23. The first-order valence-corrected chi connectivity index (χ1v) is 4.71. The molecule has 1 fully saturated rings. The van der Waals surface area contributed by atoms with Gasteiger partial charge in [0.2, 0.25) is 0 Å². The number of hydrogen-bond acceptors (Lipinski definition) is 2. The number of hydrogen-bond donors (Lipinski definition) is 0. The largest absolute Gasteiger partial charge is 0.493 e. The normalized spacial score (nSPS) is 18.2. The zero-order chi connectivity index (χ0) is 9.10. The lowest BCUT2D eigenvalue weighted by Gasteiger charge is -2.35. The van der Waals surface area contributed by atoms with Crippen LogP contribution in [0.5, 0.6) is 5.75 Å².